The molecular formula is C14H18ClN3O. The van der Waals surface area contributed by atoms with Crippen molar-refractivity contribution in [3.8, 4) is 0 Å². The van der Waals surface area contributed by atoms with E-state index in [0.717, 1.165) is 31.6 Å². The zero-order valence-electron chi connectivity index (χ0n) is 11.0. The van der Waals surface area contributed by atoms with Crippen molar-refractivity contribution in [1.82, 2.24) is 4.90 Å². The van der Waals surface area contributed by atoms with E-state index in [1.165, 1.54) is 6.42 Å². The highest BCUT2D eigenvalue weighted by atomic mass is 35.5. The SMILES string of the molecule is CN1CCCCC/C1=N\C(=O)Nc1cccc(Cl)c1. The monoisotopic (exact) mass is 279 g/mol. The van der Waals surface area contributed by atoms with Crippen molar-refractivity contribution >= 4 is 29.2 Å². The molecule has 0 bridgehead atoms. The van der Waals surface area contributed by atoms with Crippen molar-refractivity contribution in [3.63, 3.8) is 0 Å². The molecule has 0 atom stereocenters. The highest BCUT2D eigenvalue weighted by Crippen LogP contribution is 2.15. The van der Waals surface area contributed by atoms with Gasteiger partial charge in [-0.1, -0.05) is 24.1 Å². The second kappa shape index (κ2) is 6.57. The van der Waals surface area contributed by atoms with Crippen molar-refractivity contribution in [2.75, 3.05) is 18.9 Å². The van der Waals surface area contributed by atoms with Crippen molar-refractivity contribution in [3.05, 3.63) is 29.3 Å². The van der Waals surface area contributed by atoms with Crippen molar-refractivity contribution in [1.29, 1.82) is 0 Å². The fourth-order valence-electron chi connectivity index (χ4n) is 2.10. The van der Waals surface area contributed by atoms with Gasteiger partial charge in [0.05, 0.1) is 0 Å². The number of amides is 2. The molecule has 0 aromatic heterocycles. The Morgan fingerprint density at radius 2 is 2.21 bits per heavy atom. The molecule has 0 radical (unpaired) electrons. The van der Waals surface area contributed by atoms with Gasteiger partial charge in [0.15, 0.2) is 0 Å². The summed E-state index contributed by atoms with van der Waals surface area (Å²) in [5.41, 5.74) is 0.665. The van der Waals surface area contributed by atoms with Gasteiger partial charge in [-0.3, -0.25) is 0 Å². The number of rotatable bonds is 1. The van der Waals surface area contributed by atoms with E-state index in [0.29, 0.717) is 10.7 Å². The Hall–Kier alpha value is -1.55. The number of urea groups is 1. The minimum atomic E-state index is -0.342. The number of hydrogen-bond acceptors (Lipinski definition) is 1. The van der Waals surface area contributed by atoms with E-state index >= 15 is 0 Å². The van der Waals surface area contributed by atoms with Gasteiger partial charge in [-0.25, -0.2) is 4.79 Å². The van der Waals surface area contributed by atoms with Crippen LogP contribution >= 0.6 is 11.6 Å². The Kier molecular flexibility index (Phi) is 4.80. The molecule has 1 aliphatic heterocycles. The lowest BCUT2D eigenvalue weighted by atomic mass is 10.2. The fourth-order valence-corrected chi connectivity index (χ4v) is 2.30. The highest BCUT2D eigenvalue weighted by molar-refractivity contribution is 6.30. The summed E-state index contributed by atoms with van der Waals surface area (Å²) >= 11 is 5.87. The molecule has 0 aliphatic carbocycles. The van der Waals surface area contributed by atoms with Crippen LogP contribution in [0.25, 0.3) is 0 Å². The molecule has 1 fully saturated rings. The second-order valence-corrected chi connectivity index (χ2v) is 5.14. The van der Waals surface area contributed by atoms with Gasteiger partial charge >= 0.3 is 6.03 Å². The molecule has 1 N–H and O–H groups in total. The van der Waals surface area contributed by atoms with Crippen LogP contribution in [0, 0.1) is 0 Å². The van der Waals surface area contributed by atoms with E-state index in [2.05, 4.69) is 15.2 Å². The van der Waals surface area contributed by atoms with Crippen LogP contribution in [-0.2, 0) is 0 Å². The Balaban J connectivity index is 2.03. The van der Waals surface area contributed by atoms with Crippen LogP contribution in [-0.4, -0.2) is 30.4 Å². The Labute approximate surface area is 118 Å². The second-order valence-electron chi connectivity index (χ2n) is 4.70. The molecular weight excluding hydrogens is 262 g/mol. The summed E-state index contributed by atoms with van der Waals surface area (Å²) in [7, 11) is 1.98. The summed E-state index contributed by atoms with van der Waals surface area (Å²) < 4.78 is 0. The normalized spacial score (nSPS) is 18.2. The van der Waals surface area contributed by atoms with Crippen molar-refractivity contribution in [2.24, 2.45) is 4.99 Å². The van der Waals surface area contributed by atoms with E-state index in [1.807, 2.05) is 7.05 Å². The van der Waals surface area contributed by atoms with E-state index < -0.39 is 0 Å². The topological polar surface area (TPSA) is 44.7 Å². The van der Waals surface area contributed by atoms with Gasteiger partial charge in [-0.15, -0.1) is 0 Å². The number of amidine groups is 1. The summed E-state index contributed by atoms with van der Waals surface area (Å²) in [6, 6.07) is 6.72. The van der Waals surface area contributed by atoms with Gasteiger partial charge in [-0.05, 0) is 31.0 Å². The highest BCUT2D eigenvalue weighted by Gasteiger charge is 2.12. The first-order valence-corrected chi connectivity index (χ1v) is 6.88. The quantitative estimate of drug-likeness (QED) is 0.850. The number of likely N-dealkylation sites (tertiary alicyclic amines) is 1. The Morgan fingerprint density at radius 3 is 3.00 bits per heavy atom. The minimum absolute atomic E-state index is 0.342. The molecule has 0 unspecified atom stereocenters. The number of anilines is 1. The molecule has 0 saturated carbocycles. The van der Waals surface area contributed by atoms with E-state index in [-0.39, 0.29) is 6.03 Å². The third-order valence-corrected chi connectivity index (χ3v) is 3.38. The van der Waals surface area contributed by atoms with Gasteiger partial charge in [0.1, 0.15) is 5.84 Å². The first-order valence-electron chi connectivity index (χ1n) is 6.50. The van der Waals surface area contributed by atoms with Gasteiger partial charge in [-0.2, -0.15) is 4.99 Å². The number of hydrogen-bond donors (Lipinski definition) is 1. The predicted molar refractivity (Wildman–Crippen MR) is 79.0 cm³/mol. The average Bonchev–Trinajstić information content (AvgIpc) is 2.55. The maximum absolute atomic E-state index is 11.9. The van der Waals surface area contributed by atoms with Gasteiger partial charge in [0, 0.05) is 30.7 Å². The number of carbonyl (C=O) groups is 1. The van der Waals surface area contributed by atoms with Gasteiger partial charge < -0.3 is 10.2 Å². The first-order chi connectivity index (χ1) is 9.15. The van der Waals surface area contributed by atoms with Crippen LogP contribution in [0.4, 0.5) is 10.5 Å². The zero-order chi connectivity index (χ0) is 13.7. The molecule has 4 nitrogen and oxygen atoms in total. The maximum atomic E-state index is 11.9. The predicted octanol–water partition coefficient (Wildman–Crippen LogP) is 3.78. The lowest BCUT2D eigenvalue weighted by molar-refractivity contribution is 0.259. The number of carbonyl (C=O) groups excluding carboxylic acids is 1. The lowest BCUT2D eigenvalue weighted by Gasteiger charge is -2.17. The number of nitrogens with zero attached hydrogens (tertiary/aromatic N) is 2. The third-order valence-electron chi connectivity index (χ3n) is 3.14. The molecule has 2 amide bonds. The first kappa shape index (κ1) is 13.9. The molecule has 1 aromatic carbocycles. The summed E-state index contributed by atoms with van der Waals surface area (Å²) in [6.07, 6.45) is 4.30. The number of nitrogens with one attached hydrogen (secondary N) is 1. The summed E-state index contributed by atoms with van der Waals surface area (Å²) in [4.78, 5) is 18.1. The number of halogens is 1. The summed E-state index contributed by atoms with van der Waals surface area (Å²) in [6.45, 7) is 0.962. The standard InChI is InChI=1S/C14H18ClN3O/c1-18-9-4-2-3-8-13(18)17-14(19)16-12-7-5-6-11(15)10-12/h5-7,10H,2-4,8-9H2,1H3,(H,16,19)/b17-13+. The van der Waals surface area contributed by atoms with Crippen molar-refractivity contribution in [2.45, 2.75) is 25.7 Å². The Morgan fingerprint density at radius 1 is 1.37 bits per heavy atom. The number of aliphatic imine (C=N–C) groups is 1. The number of benzene rings is 1. The van der Waals surface area contributed by atoms with Crippen LogP contribution in [0.3, 0.4) is 0 Å². The molecule has 1 saturated heterocycles. The third kappa shape index (κ3) is 4.24. The lowest BCUT2D eigenvalue weighted by Crippen LogP contribution is -2.27. The molecule has 1 aliphatic rings. The van der Waals surface area contributed by atoms with E-state index in [1.54, 1.807) is 24.3 Å². The molecule has 5 heteroatoms. The van der Waals surface area contributed by atoms with Crippen LogP contribution in [0.15, 0.2) is 29.3 Å². The molecule has 1 heterocycles. The molecule has 102 valence electrons. The molecule has 19 heavy (non-hydrogen) atoms. The van der Waals surface area contributed by atoms with Crippen LogP contribution in [0.2, 0.25) is 5.02 Å². The van der Waals surface area contributed by atoms with Gasteiger partial charge in [0.2, 0.25) is 0 Å². The molecule has 2 rings (SSSR count). The zero-order valence-corrected chi connectivity index (χ0v) is 11.8. The van der Waals surface area contributed by atoms with E-state index in [4.69, 9.17) is 11.6 Å². The van der Waals surface area contributed by atoms with Crippen LogP contribution < -0.4 is 5.32 Å². The molecule has 1 aromatic rings. The van der Waals surface area contributed by atoms with Crippen LogP contribution in [0.5, 0.6) is 0 Å². The average molecular weight is 280 g/mol. The Bertz CT molecular complexity index is 487. The van der Waals surface area contributed by atoms with Crippen molar-refractivity contribution < 1.29 is 4.79 Å². The summed E-state index contributed by atoms with van der Waals surface area (Å²) in [5.74, 6) is 0.858. The van der Waals surface area contributed by atoms with Crippen LogP contribution in [0.1, 0.15) is 25.7 Å². The largest absolute Gasteiger partial charge is 0.363 e. The fraction of sp³-hybridized carbons (Fsp3) is 0.429. The smallest absolute Gasteiger partial charge is 0.347 e. The van der Waals surface area contributed by atoms with E-state index in [9.17, 15) is 4.79 Å². The minimum Gasteiger partial charge on any atom is -0.363 e. The summed E-state index contributed by atoms with van der Waals surface area (Å²) in [5, 5.41) is 3.33. The maximum Gasteiger partial charge on any atom is 0.347 e. The molecule has 0 spiro atoms. The van der Waals surface area contributed by atoms with Gasteiger partial charge in [0.25, 0.3) is 0 Å².